The van der Waals surface area contributed by atoms with Crippen molar-refractivity contribution in [1.29, 1.82) is 0 Å². The highest BCUT2D eigenvalue weighted by Gasteiger charge is 2.30. The molecular weight excluding hydrogens is 246 g/mol. The third kappa shape index (κ3) is 3.87. The third-order valence-corrected chi connectivity index (χ3v) is 4.91. The van der Waals surface area contributed by atoms with E-state index >= 15 is 0 Å². The van der Waals surface area contributed by atoms with Gasteiger partial charge in [-0.2, -0.15) is 11.8 Å². The molecule has 18 heavy (non-hydrogen) atoms. The van der Waals surface area contributed by atoms with Gasteiger partial charge in [-0.15, -0.1) is 0 Å². The summed E-state index contributed by atoms with van der Waals surface area (Å²) >= 11 is 1.77. The maximum Gasteiger partial charge on any atom is 0.232 e. The number of amides is 1. The van der Waals surface area contributed by atoms with E-state index in [1.54, 1.807) is 11.8 Å². The first-order valence-electron chi connectivity index (χ1n) is 7.11. The molecule has 2 rings (SSSR count). The van der Waals surface area contributed by atoms with E-state index in [1.165, 1.54) is 0 Å². The largest absolute Gasteiger partial charge is 0.340 e. The van der Waals surface area contributed by atoms with E-state index in [4.69, 9.17) is 0 Å². The number of nitrogens with one attached hydrogen (secondary N) is 1. The van der Waals surface area contributed by atoms with Gasteiger partial charge in [0.1, 0.15) is 0 Å². The fraction of sp³-hybridized carbons (Fsp3) is 0.923. The van der Waals surface area contributed by atoms with E-state index in [1.807, 2.05) is 0 Å². The predicted molar refractivity (Wildman–Crippen MR) is 77.0 cm³/mol. The molecule has 1 N–H and O–H groups in total. The number of likely N-dealkylation sites (tertiary alicyclic amines) is 1. The average molecular weight is 271 g/mol. The topological polar surface area (TPSA) is 35.6 Å². The monoisotopic (exact) mass is 271 g/mol. The molecule has 1 unspecified atom stereocenters. The van der Waals surface area contributed by atoms with Crippen molar-refractivity contribution in [2.75, 3.05) is 50.8 Å². The van der Waals surface area contributed by atoms with Gasteiger partial charge in [0, 0.05) is 45.3 Å². The van der Waals surface area contributed by atoms with E-state index in [2.05, 4.69) is 22.0 Å². The summed E-state index contributed by atoms with van der Waals surface area (Å²) in [4.78, 5) is 16.6. The fourth-order valence-electron chi connectivity index (χ4n) is 2.71. The Morgan fingerprint density at radius 1 is 1.33 bits per heavy atom. The second kappa shape index (κ2) is 7.36. The molecule has 2 heterocycles. The summed E-state index contributed by atoms with van der Waals surface area (Å²) in [5.74, 6) is 2.11. The standard InChI is InChI=1S/C13H25N3OS/c1-2-9-18-11-13(17)16-6-3-12(10-16)15-7-4-14-5-8-15/h12,14H,2-11H2,1H3. The molecule has 0 aliphatic carbocycles. The number of hydrogen-bond donors (Lipinski definition) is 1. The zero-order valence-electron chi connectivity index (χ0n) is 11.4. The highest BCUT2D eigenvalue weighted by atomic mass is 32.2. The van der Waals surface area contributed by atoms with Gasteiger partial charge in [0.15, 0.2) is 0 Å². The third-order valence-electron chi connectivity index (χ3n) is 3.76. The molecule has 0 aromatic carbocycles. The van der Waals surface area contributed by atoms with Crippen LogP contribution in [0.1, 0.15) is 19.8 Å². The lowest BCUT2D eigenvalue weighted by atomic mass is 10.2. The quantitative estimate of drug-likeness (QED) is 0.744. The van der Waals surface area contributed by atoms with Gasteiger partial charge in [-0.3, -0.25) is 9.69 Å². The van der Waals surface area contributed by atoms with Crippen LogP contribution in [0.25, 0.3) is 0 Å². The van der Waals surface area contributed by atoms with Crippen molar-refractivity contribution in [1.82, 2.24) is 15.1 Å². The van der Waals surface area contributed by atoms with Crippen LogP contribution in [0.4, 0.5) is 0 Å². The molecule has 0 saturated carbocycles. The molecule has 5 heteroatoms. The van der Waals surface area contributed by atoms with Crippen molar-refractivity contribution < 1.29 is 4.79 Å². The number of piperazine rings is 1. The van der Waals surface area contributed by atoms with Gasteiger partial charge < -0.3 is 10.2 Å². The van der Waals surface area contributed by atoms with E-state index in [0.717, 1.165) is 57.9 Å². The molecule has 0 aromatic rings. The van der Waals surface area contributed by atoms with Gasteiger partial charge in [-0.1, -0.05) is 6.92 Å². The smallest absolute Gasteiger partial charge is 0.232 e. The molecule has 104 valence electrons. The van der Waals surface area contributed by atoms with E-state index in [9.17, 15) is 4.79 Å². The Morgan fingerprint density at radius 3 is 2.83 bits per heavy atom. The minimum atomic E-state index is 0.339. The average Bonchev–Trinajstić information content (AvgIpc) is 2.89. The number of nitrogens with zero attached hydrogens (tertiary/aromatic N) is 2. The molecule has 1 amide bonds. The van der Waals surface area contributed by atoms with Crippen molar-refractivity contribution >= 4 is 17.7 Å². The number of hydrogen-bond acceptors (Lipinski definition) is 4. The van der Waals surface area contributed by atoms with E-state index in [-0.39, 0.29) is 0 Å². The van der Waals surface area contributed by atoms with Crippen molar-refractivity contribution in [2.24, 2.45) is 0 Å². The maximum atomic E-state index is 12.0. The zero-order valence-corrected chi connectivity index (χ0v) is 12.2. The molecule has 2 saturated heterocycles. The molecule has 0 radical (unpaired) electrons. The van der Waals surface area contributed by atoms with Crippen LogP contribution in [0.3, 0.4) is 0 Å². The Kier molecular flexibility index (Phi) is 5.79. The second-order valence-electron chi connectivity index (χ2n) is 5.12. The summed E-state index contributed by atoms with van der Waals surface area (Å²) in [7, 11) is 0. The zero-order chi connectivity index (χ0) is 12.8. The summed E-state index contributed by atoms with van der Waals surface area (Å²) < 4.78 is 0. The highest BCUT2D eigenvalue weighted by molar-refractivity contribution is 7.99. The van der Waals surface area contributed by atoms with Crippen LogP contribution in [0, 0.1) is 0 Å². The number of thioether (sulfide) groups is 1. The summed E-state index contributed by atoms with van der Waals surface area (Å²) in [5.41, 5.74) is 0. The van der Waals surface area contributed by atoms with Crippen LogP contribution in [0.15, 0.2) is 0 Å². The van der Waals surface area contributed by atoms with E-state index in [0.29, 0.717) is 17.7 Å². The lowest BCUT2D eigenvalue weighted by Crippen LogP contribution is -2.49. The molecular formula is C13H25N3OS. The lowest BCUT2D eigenvalue weighted by Gasteiger charge is -2.32. The van der Waals surface area contributed by atoms with Crippen LogP contribution in [-0.4, -0.2) is 72.5 Å². The summed E-state index contributed by atoms with van der Waals surface area (Å²) in [6.45, 7) is 8.53. The first-order chi connectivity index (χ1) is 8.81. The van der Waals surface area contributed by atoms with Crippen molar-refractivity contribution in [3.8, 4) is 0 Å². The molecule has 0 bridgehead atoms. The number of rotatable bonds is 5. The Balaban J connectivity index is 1.71. The Hall–Kier alpha value is -0.260. The van der Waals surface area contributed by atoms with E-state index < -0.39 is 0 Å². The molecule has 2 aliphatic heterocycles. The van der Waals surface area contributed by atoms with Gasteiger partial charge in [0.05, 0.1) is 5.75 Å². The minimum Gasteiger partial charge on any atom is -0.340 e. The summed E-state index contributed by atoms with van der Waals surface area (Å²) in [6.07, 6.45) is 2.31. The Labute approximate surface area is 114 Å². The normalized spacial score (nSPS) is 25.6. The molecule has 1 atom stereocenters. The van der Waals surface area contributed by atoms with Gasteiger partial charge >= 0.3 is 0 Å². The molecule has 2 aliphatic rings. The van der Waals surface area contributed by atoms with Gasteiger partial charge in [-0.25, -0.2) is 0 Å². The van der Waals surface area contributed by atoms with Gasteiger partial charge in [0.2, 0.25) is 5.91 Å². The summed E-state index contributed by atoms with van der Waals surface area (Å²) in [5, 5.41) is 3.38. The molecule has 4 nitrogen and oxygen atoms in total. The number of carbonyl (C=O) groups excluding carboxylic acids is 1. The Morgan fingerprint density at radius 2 is 2.11 bits per heavy atom. The van der Waals surface area contributed by atoms with Crippen LogP contribution < -0.4 is 5.32 Å². The van der Waals surface area contributed by atoms with Crippen molar-refractivity contribution in [3.05, 3.63) is 0 Å². The Bertz CT molecular complexity index is 269. The molecule has 2 fully saturated rings. The van der Waals surface area contributed by atoms with Crippen molar-refractivity contribution in [2.45, 2.75) is 25.8 Å². The molecule has 0 spiro atoms. The second-order valence-corrected chi connectivity index (χ2v) is 6.23. The van der Waals surface area contributed by atoms with Crippen molar-refractivity contribution in [3.63, 3.8) is 0 Å². The van der Waals surface area contributed by atoms with Crippen LogP contribution in [0.2, 0.25) is 0 Å². The fourth-order valence-corrected chi connectivity index (χ4v) is 3.50. The first-order valence-corrected chi connectivity index (χ1v) is 8.27. The van der Waals surface area contributed by atoms with Gasteiger partial charge in [0.25, 0.3) is 0 Å². The highest BCUT2D eigenvalue weighted by Crippen LogP contribution is 2.17. The van der Waals surface area contributed by atoms with Crippen LogP contribution >= 0.6 is 11.8 Å². The van der Waals surface area contributed by atoms with Crippen LogP contribution in [-0.2, 0) is 4.79 Å². The summed E-state index contributed by atoms with van der Waals surface area (Å²) in [6, 6.07) is 0.604. The SMILES string of the molecule is CCCSCC(=O)N1CCC(N2CCNCC2)C1. The van der Waals surface area contributed by atoms with Crippen LogP contribution in [0.5, 0.6) is 0 Å². The number of carbonyl (C=O) groups is 1. The molecule has 0 aromatic heterocycles. The first kappa shape index (κ1) is 14.2. The van der Waals surface area contributed by atoms with Gasteiger partial charge in [-0.05, 0) is 18.6 Å². The predicted octanol–water partition coefficient (Wildman–Crippen LogP) is 0.636. The minimum absolute atomic E-state index is 0.339. The maximum absolute atomic E-state index is 12.0. The lowest BCUT2D eigenvalue weighted by molar-refractivity contribution is -0.127.